The first kappa shape index (κ1) is 51.4. The highest BCUT2D eigenvalue weighted by Gasteiger charge is 2.54. The molecule has 6 aliphatic rings. The Hall–Kier alpha value is -6.05. The van der Waals surface area contributed by atoms with Gasteiger partial charge in [-0.1, -0.05) is 39.5 Å². The summed E-state index contributed by atoms with van der Waals surface area (Å²) in [5, 5.41) is 31.8. The van der Waals surface area contributed by atoms with Crippen molar-refractivity contribution in [1.29, 1.82) is 0 Å². The fourth-order valence-corrected chi connectivity index (χ4v) is 11.1. The molecule has 12 rings (SSSR count). The minimum Gasteiger partial charge on any atom is -0.395 e. The van der Waals surface area contributed by atoms with Crippen LogP contribution in [0.1, 0.15) is 101 Å². The van der Waals surface area contributed by atoms with Crippen molar-refractivity contribution < 1.29 is 75.3 Å². The highest BCUT2D eigenvalue weighted by atomic mass is 19.3. The molecule has 0 radical (unpaired) electrons. The molecular formula is C56H59F5N2O11. The summed E-state index contributed by atoms with van der Waals surface area (Å²) in [6.07, 6.45) is -7.10. The van der Waals surface area contributed by atoms with Gasteiger partial charge in [-0.2, -0.15) is 0 Å². The van der Waals surface area contributed by atoms with Gasteiger partial charge in [-0.3, -0.25) is 9.59 Å². The summed E-state index contributed by atoms with van der Waals surface area (Å²) < 4.78 is 103. The van der Waals surface area contributed by atoms with Crippen LogP contribution in [0.15, 0.2) is 78.9 Å². The smallest absolute Gasteiger partial charge is 0.395 e. The second kappa shape index (κ2) is 17.8. The lowest BCUT2D eigenvalue weighted by atomic mass is 9.83. The molecule has 394 valence electrons. The number of alkyl halides is 4. The first-order valence-electron chi connectivity index (χ1n) is 24.5. The minimum atomic E-state index is -3.75. The van der Waals surface area contributed by atoms with Crippen molar-refractivity contribution in [3.05, 3.63) is 118 Å². The van der Waals surface area contributed by atoms with Crippen LogP contribution in [0.5, 0.6) is 23.0 Å². The lowest BCUT2D eigenvalue weighted by molar-refractivity contribution is -0.287. The number of carbonyl (C=O) groups excluding carboxylic acids is 2. The zero-order valence-electron chi connectivity index (χ0n) is 40.8. The Morgan fingerprint density at radius 2 is 1.09 bits per heavy atom. The SMILES string of the molecule is C.CC1(C)c2cc3cc(CC(=O)C4(c5ccc6c(c5)OC(F)(F)O6)CC4)c(F)cc3n2CC(CO)OC1O.CC1OC(CO)Cn2c(cc3cc(CC(=O)C4(c5ccc6c(c5)OC(F)(F)O6)CC4)ccc32)C1(C)C. The van der Waals surface area contributed by atoms with Gasteiger partial charge in [0.15, 0.2) is 29.3 Å². The van der Waals surface area contributed by atoms with Crippen LogP contribution in [-0.4, -0.2) is 86.4 Å². The van der Waals surface area contributed by atoms with Crippen LogP contribution >= 0.6 is 0 Å². The fraction of sp³-hybridized carbons (Fsp3) is 0.464. The number of ether oxygens (including phenoxy) is 6. The van der Waals surface area contributed by atoms with E-state index < -0.39 is 47.0 Å². The van der Waals surface area contributed by atoms with Crippen molar-refractivity contribution in [2.24, 2.45) is 0 Å². The van der Waals surface area contributed by atoms with Crippen molar-refractivity contribution in [3.8, 4) is 23.0 Å². The largest absolute Gasteiger partial charge is 0.586 e. The molecular weight excluding hydrogens is 972 g/mol. The Kier molecular flexibility index (Phi) is 12.4. The van der Waals surface area contributed by atoms with E-state index in [1.807, 2.05) is 29.7 Å². The molecule has 2 saturated carbocycles. The van der Waals surface area contributed by atoms with E-state index in [1.165, 1.54) is 30.3 Å². The van der Waals surface area contributed by atoms with E-state index in [1.54, 1.807) is 32.0 Å². The molecule has 18 heteroatoms. The molecule has 2 aromatic heterocycles. The molecule has 4 unspecified atom stereocenters. The summed E-state index contributed by atoms with van der Waals surface area (Å²) in [5.74, 6) is -0.958. The molecule has 6 heterocycles. The van der Waals surface area contributed by atoms with Crippen molar-refractivity contribution in [2.45, 2.75) is 153 Å². The number of hydrogen-bond acceptors (Lipinski definition) is 11. The van der Waals surface area contributed by atoms with Crippen LogP contribution < -0.4 is 18.9 Å². The van der Waals surface area contributed by atoms with Crippen molar-refractivity contribution in [1.82, 2.24) is 9.13 Å². The fourth-order valence-electron chi connectivity index (χ4n) is 11.1. The molecule has 4 atom stereocenters. The molecule has 13 nitrogen and oxygen atoms in total. The standard InChI is InChI=1S/C28H29F2NO5.C27H26F3NO6.CH4/c1-16-26(2,3)24-12-18-10-17(4-6-21(18)31(24)14-20(15-32)34-16)11-25(33)27(8-9-27)19-5-7-22-23(13-19)36-28(29,30)35-22;1-25(2)22-8-15-7-14(18(28)11-19(15)31(22)12-17(13-32)35-24(25)34)9-23(33)26(5-6-26)16-3-4-20-21(10-16)37-27(29,30)36-20;/h4-7,10,12-13,16,20,32H,8-9,11,14-15H2,1-3H3;3-4,7-8,10-11,17,24,32,34H,5-6,9,12-13H2,1-2H3;1H4. The Balaban J connectivity index is 0.000000167. The van der Waals surface area contributed by atoms with Crippen LogP contribution in [0.2, 0.25) is 0 Å². The molecule has 0 bridgehead atoms. The maximum atomic E-state index is 15.3. The second-order valence-electron chi connectivity index (χ2n) is 21.5. The Bertz CT molecular complexity index is 3230. The van der Waals surface area contributed by atoms with Crippen molar-refractivity contribution >= 4 is 33.4 Å². The summed E-state index contributed by atoms with van der Waals surface area (Å²) in [6, 6.07) is 22.1. The predicted molar refractivity (Wildman–Crippen MR) is 261 cm³/mol. The predicted octanol–water partition coefficient (Wildman–Crippen LogP) is 9.43. The maximum Gasteiger partial charge on any atom is 0.586 e. The normalized spacial score (nSPS) is 24.3. The van der Waals surface area contributed by atoms with Crippen LogP contribution in [0, 0.1) is 5.82 Å². The number of ketones is 2. The van der Waals surface area contributed by atoms with Crippen LogP contribution in [0.3, 0.4) is 0 Å². The third-order valence-corrected chi connectivity index (χ3v) is 16.1. The Morgan fingerprint density at radius 3 is 1.64 bits per heavy atom. The van der Waals surface area contributed by atoms with E-state index in [4.69, 9.17) is 9.47 Å². The molecule has 0 amide bonds. The summed E-state index contributed by atoms with van der Waals surface area (Å²) in [5.41, 5.74) is 3.21. The number of Topliss-reactive ketones (excluding diaryl/α,β-unsaturated/α-hetero) is 2. The van der Waals surface area contributed by atoms with Crippen LogP contribution in [-0.2, 0) is 66.7 Å². The number of rotatable bonds is 10. The summed E-state index contributed by atoms with van der Waals surface area (Å²) >= 11 is 0. The Morgan fingerprint density at radius 1 is 0.608 bits per heavy atom. The molecule has 6 aromatic rings. The first-order chi connectivity index (χ1) is 34.5. The number of hydrogen-bond donors (Lipinski definition) is 3. The number of aliphatic hydroxyl groups is 3. The lowest BCUT2D eigenvalue weighted by Gasteiger charge is -2.30. The summed E-state index contributed by atoms with van der Waals surface area (Å²) in [4.78, 5) is 26.9. The number of benzene rings is 4. The quantitative estimate of drug-likeness (QED) is 0.112. The molecule has 2 aliphatic carbocycles. The summed E-state index contributed by atoms with van der Waals surface area (Å²) in [7, 11) is 0. The van der Waals surface area contributed by atoms with Crippen LogP contribution in [0.25, 0.3) is 21.8 Å². The van der Waals surface area contributed by atoms with Gasteiger partial charge in [0.1, 0.15) is 23.5 Å². The van der Waals surface area contributed by atoms with Crippen molar-refractivity contribution in [2.75, 3.05) is 13.2 Å². The average molecular weight is 1030 g/mol. The van der Waals surface area contributed by atoms with E-state index in [9.17, 15) is 42.5 Å². The van der Waals surface area contributed by atoms with E-state index in [0.29, 0.717) is 54.3 Å². The number of aromatic nitrogens is 2. The maximum absolute atomic E-state index is 15.3. The topological polar surface area (TPSA) is 160 Å². The van der Waals surface area contributed by atoms with E-state index >= 15 is 4.39 Å². The zero-order chi connectivity index (χ0) is 51.8. The minimum absolute atomic E-state index is 0. The Labute approximate surface area is 423 Å². The highest BCUT2D eigenvalue weighted by Crippen LogP contribution is 2.54. The van der Waals surface area contributed by atoms with Gasteiger partial charge in [-0.05, 0) is 129 Å². The van der Waals surface area contributed by atoms with Gasteiger partial charge in [-0.15, -0.1) is 17.6 Å². The third-order valence-electron chi connectivity index (χ3n) is 16.1. The summed E-state index contributed by atoms with van der Waals surface area (Å²) in [6.45, 7) is 10.4. The first-order valence-corrected chi connectivity index (χ1v) is 24.5. The van der Waals surface area contributed by atoms with Gasteiger partial charge in [0.05, 0.1) is 60.3 Å². The molecule has 3 N–H and O–H groups in total. The molecule has 2 fully saturated rings. The number of carbonyl (C=O) groups is 2. The van der Waals surface area contributed by atoms with Crippen LogP contribution in [0.4, 0.5) is 22.0 Å². The van der Waals surface area contributed by atoms with E-state index in [0.717, 1.165) is 27.9 Å². The zero-order valence-corrected chi connectivity index (χ0v) is 40.8. The lowest BCUT2D eigenvalue weighted by Crippen LogP contribution is -2.37. The van der Waals surface area contributed by atoms with Gasteiger partial charge >= 0.3 is 12.6 Å². The molecule has 0 spiro atoms. The number of aliphatic hydroxyl groups excluding tert-OH is 3. The highest BCUT2D eigenvalue weighted by molar-refractivity contribution is 5.96. The van der Waals surface area contributed by atoms with Crippen molar-refractivity contribution in [3.63, 3.8) is 0 Å². The van der Waals surface area contributed by atoms with E-state index in [-0.39, 0.29) is 97.8 Å². The number of halogens is 5. The number of fused-ring (bicyclic) bond motifs is 8. The molecule has 4 aromatic carbocycles. The van der Waals surface area contributed by atoms with Gasteiger partial charge in [0, 0.05) is 45.9 Å². The van der Waals surface area contributed by atoms with Gasteiger partial charge in [0.25, 0.3) is 0 Å². The molecule has 0 saturated heterocycles. The van der Waals surface area contributed by atoms with Gasteiger partial charge < -0.3 is 52.9 Å². The van der Waals surface area contributed by atoms with Gasteiger partial charge in [-0.25, -0.2) is 4.39 Å². The average Bonchev–Trinajstić information content (AvgIpc) is 4.21. The van der Waals surface area contributed by atoms with Gasteiger partial charge in [0.2, 0.25) is 0 Å². The number of nitrogens with zero attached hydrogens (tertiary/aromatic N) is 2. The van der Waals surface area contributed by atoms with E-state index in [2.05, 4.69) is 49.5 Å². The third kappa shape index (κ3) is 8.69. The molecule has 4 aliphatic heterocycles. The second-order valence-corrected chi connectivity index (χ2v) is 21.5. The monoisotopic (exact) mass is 1030 g/mol. The molecule has 74 heavy (non-hydrogen) atoms.